The number of amides is 2. The largest absolute Gasteiger partial charge is 0.324 e. The van der Waals surface area contributed by atoms with Gasteiger partial charge in [0.2, 0.25) is 17.6 Å². The number of hydrogen-bond acceptors (Lipinski definition) is 4. The van der Waals surface area contributed by atoms with Crippen LogP contribution in [0.25, 0.3) is 11.0 Å². The van der Waals surface area contributed by atoms with Gasteiger partial charge in [-0.05, 0) is 48.4 Å². The first-order chi connectivity index (χ1) is 16.3. The lowest BCUT2D eigenvalue weighted by atomic mass is 10.2. The quantitative estimate of drug-likeness (QED) is 0.473. The number of fused-ring (bicyclic) bond motifs is 1. The topological polar surface area (TPSA) is 84.3 Å². The summed E-state index contributed by atoms with van der Waals surface area (Å²) in [7, 11) is 0. The molecule has 4 aromatic rings. The van der Waals surface area contributed by atoms with Crippen LogP contribution >= 0.6 is 0 Å². The molecule has 0 aliphatic rings. The highest BCUT2D eigenvalue weighted by atomic mass is 19.1. The Morgan fingerprint density at radius 3 is 2.38 bits per heavy atom. The Balaban J connectivity index is 1.74. The first-order valence-electron chi connectivity index (χ1n) is 10.7. The molecule has 0 saturated carbocycles. The fraction of sp³-hybridized carbons (Fsp3) is 0.154. The van der Waals surface area contributed by atoms with Crippen LogP contribution in [0.4, 0.5) is 15.9 Å². The maximum absolute atomic E-state index is 13.5. The second kappa shape index (κ2) is 9.66. The highest BCUT2D eigenvalue weighted by Gasteiger charge is 2.22. The highest BCUT2D eigenvalue weighted by molar-refractivity contribution is 5.93. The van der Waals surface area contributed by atoms with E-state index in [0.29, 0.717) is 22.3 Å². The monoisotopic (exact) mass is 458 g/mol. The lowest BCUT2D eigenvalue weighted by molar-refractivity contribution is -0.117. The lowest BCUT2D eigenvalue weighted by Crippen LogP contribution is -2.38. The molecule has 0 fully saturated rings. The molecule has 34 heavy (non-hydrogen) atoms. The van der Waals surface area contributed by atoms with E-state index < -0.39 is 17.3 Å². The SMILES string of the molecule is CC(=O)N(Cc1ccc(F)cc1)c1nc2ccccc2n(CC(=O)Nc2ccccc2C)c1=O. The van der Waals surface area contributed by atoms with Gasteiger partial charge in [-0.25, -0.2) is 9.37 Å². The van der Waals surface area contributed by atoms with Crippen molar-refractivity contribution in [3.05, 3.63) is 100 Å². The van der Waals surface area contributed by atoms with Crippen LogP contribution in [0.5, 0.6) is 0 Å². The van der Waals surface area contributed by atoms with Gasteiger partial charge in [0, 0.05) is 12.6 Å². The number of nitrogens with zero attached hydrogens (tertiary/aromatic N) is 3. The standard InChI is InChI=1S/C26H23FN4O3/c1-17-7-3-4-8-21(17)28-24(33)16-31-23-10-6-5-9-22(23)29-25(26(31)34)30(18(2)32)15-19-11-13-20(27)14-12-19/h3-14H,15-16H2,1-2H3,(H,28,33). The van der Waals surface area contributed by atoms with Gasteiger partial charge < -0.3 is 5.32 Å². The van der Waals surface area contributed by atoms with E-state index >= 15 is 0 Å². The zero-order chi connectivity index (χ0) is 24.2. The molecule has 1 heterocycles. The molecule has 0 unspecified atom stereocenters. The summed E-state index contributed by atoms with van der Waals surface area (Å²) < 4.78 is 14.6. The van der Waals surface area contributed by atoms with Gasteiger partial charge in [-0.1, -0.05) is 42.5 Å². The third-order valence-corrected chi connectivity index (χ3v) is 5.45. The highest BCUT2D eigenvalue weighted by Crippen LogP contribution is 2.18. The molecule has 1 aromatic heterocycles. The molecule has 0 aliphatic carbocycles. The average Bonchev–Trinajstić information content (AvgIpc) is 2.82. The smallest absolute Gasteiger partial charge is 0.294 e. The molecule has 0 bridgehead atoms. The molecule has 0 saturated heterocycles. The van der Waals surface area contributed by atoms with Gasteiger partial charge in [-0.2, -0.15) is 0 Å². The van der Waals surface area contributed by atoms with Crippen molar-refractivity contribution in [2.45, 2.75) is 26.9 Å². The maximum atomic E-state index is 13.5. The second-order valence-electron chi connectivity index (χ2n) is 7.91. The number of halogens is 1. The van der Waals surface area contributed by atoms with Crippen molar-refractivity contribution in [3.8, 4) is 0 Å². The molecule has 7 nitrogen and oxygen atoms in total. The molecule has 0 spiro atoms. The fourth-order valence-corrected chi connectivity index (χ4v) is 3.67. The van der Waals surface area contributed by atoms with Gasteiger partial charge in [0.1, 0.15) is 12.4 Å². The molecule has 3 aromatic carbocycles. The number of anilines is 2. The Bertz CT molecular complexity index is 1430. The van der Waals surface area contributed by atoms with Gasteiger partial charge >= 0.3 is 0 Å². The van der Waals surface area contributed by atoms with Gasteiger partial charge in [0.15, 0.2) is 0 Å². The second-order valence-corrected chi connectivity index (χ2v) is 7.91. The number of aryl methyl sites for hydroxylation is 1. The van der Waals surface area contributed by atoms with Crippen molar-refractivity contribution < 1.29 is 14.0 Å². The van der Waals surface area contributed by atoms with E-state index in [1.54, 1.807) is 42.5 Å². The Kier molecular flexibility index (Phi) is 6.49. The number of carbonyl (C=O) groups is 2. The molecule has 0 radical (unpaired) electrons. The minimum atomic E-state index is -0.573. The summed E-state index contributed by atoms with van der Waals surface area (Å²) in [5, 5.41) is 2.83. The minimum Gasteiger partial charge on any atom is -0.324 e. The van der Waals surface area contributed by atoms with Crippen molar-refractivity contribution in [2.24, 2.45) is 0 Å². The summed E-state index contributed by atoms with van der Waals surface area (Å²) >= 11 is 0. The zero-order valence-corrected chi connectivity index (χ0v) is 18.8. The number of benzene rings is 3. The summed E-state index contributed by atoms with van der Waals surface area (Å²) in [5.74, 6) is -1.28. The lowest BCUT2D eigenvalue weighted by Gasteiger charge is -2.21. The third kappa shape index (κ3) is 4.85. The van der Waals surface area contributed by atoms with E-state index in [1.165, 1.54) is 28.5 Å². The normalized spacial score (nSPS) is 10.8. The minimum absolute atomic E-state index is 0.0333. The molecule has 0 atom stereocenters. The molecule has 4 rings (SSSR count). The number of aromatic nitrogens is 2. The Hall–Kier alpha value is -4.33. The summed E-state index contributed by atoms with van der Waals surface area (Å²) in [6.45, 7) is 2.98. The van der Waals surface area contributed by atoms with Crippen LogP contribution in [-0.4, -0.2) is 21.4 Å². The predicted molar refractivity (Wildman–Crippen MR) is 129 cm³/mol. The van der Waals surface area contributed by atoms with Crippen LogP contribution in [0.3, 0.4) is 0 Å². The van der Waals surface area contributed by atoms with Crippen molar-refractivity contribution in [3.63, 3.8) is 0 Å². The molecular formula is C26H23FN4O3. The predicted octanol–water partition coefficient (Wildman–Crippen LogP) is 4.04. The first-order valence-corrected chi connectivity index (χ1v) is 10.7. The van der Waals surface area contributed by atoms with Crippen LogP contribution in [0, 0.1) is 12.7 Å². The van der Waals surface area contributed by atoms with Crippen molar-refractivity contribution in [1.82, 2.24) is 9.55 Å². The van der Waals surface area contributed by atoms with Crippen LogP contribution in [0.2, 0.25) is 0 Å². The summed E-state index contributed by atoms with van der Waals surface area (Å²) in [4.78, 5) is 44.5. The molecule has 1 N–H and O–H groups in total. The maximum Gasteiger partial charge on any atom is 0.294 e. The van der Waals surface area contributed by atoms with Crippen molar-refractivity contribution >= 4 is 34.4 Å². The van der Waals surface area contributed by atoms with Gasteiger partial charge in [0.25, 0.3) is 5.56 Å². The van der Waals surface area contributed by atoms with Crippen LogP contribution < -0.4 is 15.8 Å². The Labute approximate surface area is 195 Å². The van der Waals surface area contributed by atoms with Gasteiger partial charge in [0.05, 0.1) is 17.6 Å². The first kappa shape index (κ1) is 22.8. The third-order valence-electron chi connectivity index (χ3n) is 5.45. The van der Waals surface area contributed by atoms with Gasteiger partial charge in [-0.15, -0.1) is 0 Å². The summed E-state index contributed by atoms with van der Waals surface area (Å²) in [5.41, 5.74) is 2.55. The van der Waals surface area contributed by atoms with E-state index in [4.69, 9.17) is 0 Å². The van der Waals surface area contributed by atoms with E-state index in [2.05, 4.69) is 10.3 Å². The van der Waals surface area contributed by atoms with E-state index in [-0.39, 0.29) is 24.8 Å². The van der Waals surface area contributed by atoms with Crippen molar-refractivity contribution in [1.29, 1.82) is 0 Å². The van der Waals surface area contributed by atoms with Crippen LogP contribution in [0.15, 0.2) is 77.6 Å². The van der Waals surface area contributed by atoms with E-state index in [1.807, 2.05) is 25.1 Å². The summed E-state index contributed by atoms with van der Waals surface area (Å²) in [6.07, 6.45) is 0. The number of nitrogens with one attached hydrogen (secondary N) is 1. The Morgan fingerprint density at radius 2 is 1.68 bits per heavy atom. The van der Waals surface area contributed by atoms with Gasteiger partial charge in [-0.3, -0.25) is 23.9 Å². The average molecular weight is 458 g/mol. The Morgan fingerprint density at radius 1 is 1.00 bits per heavy atom. The molecule has 2 amide bonds. The fourth-order valence-electron chi connectivity index (χ4n) is 3.67. The molecule has 0 aliphatic heterocycles. The number of para-hydroxylation sites is 3. The molecule has 172 valence electrons. The molecular weight excluding hydrogens is 435 g/mol. The number of rotatable bonds is 6. The number of carbonyl (C=O) groups excluding carboxylic acids is 2. The van der Waals surface area contributed by atoms with Crippen molar-refractivity contribution in [2.75, 3.05) is 10.2 Å². The number of hydrogen-bond donors (Lipinski definition) is 1. The molecule has 8 heteroatoms. The van der Waals surface area contributed by atoms with Crippen LogP contribution in [-0.2, 0) is 22.7 Å². The van der Waals surface area contributed by atoms with E-state index in [9.17, 15) is 18.8 Å². The summed E-state index contributed by atoms with van der Waals surface area (Å²) in [6, 6.07) is 19.9. The van der Waals surface area contributed by atoms with E-state index in [0.717, 1.165) is 5.56 Å². The zero-order valence-electron chi connectivity index (χ0n) is 18.8. The van der Waals surface area contributed by atoms with Crippen LogP contribution in [0.1, 0.15) is 18.1 Å².